The fraction of sp³-hybridized carbons (Fsp3) is 0.517. The minimum Gasteiger partial charge on any atom is -0.478 e. The quantitative estimate of drug-likeness (QED) is 0.412. The molecule has 0 aromatic heterocycles. The smallest absolute Gasteiger partial charge is 0.416 e. The van der Waals surface area contributed by atoms with Crippen LogP contribution in [0.15, 0.2) is 36.4 Å². The van der Waals surface area contributed by atoms with Crippen LogP contribution in [0, 0.1) is 5.82 Å². The fourth-order valence-electron chi connectivity index (χ4n) is 5.01. The van der Waals surface area contributed by atoms with Crippen molar-refractivity contribution in [1.82, 2.24) is 10.2 Å². The second kappa shape index (κ2) is 13.4. The van der Waals surface area contributed by atoms with Crippen LogP contribution in [0.5, 0.6) is 0 Å². The maximum absolute atomic E-state index is 13.8. The van der Waals surface area contributed by atoms with Gasteiger partial charge in [0.25, 0.3) is 0 Å². The van der Waals surface area contributed by atoms with Gasteiger partial charge in [-0.3, -0.25) is 9.69 Å². The number of anilines is 1. The van der Waals surface area contributed by atoms with Crippen LogP contribution in [0.4, 0.5) is 23.2 Å². The summed E-state index contributed by atoms with van der Waals surface area (Å²) in [6.45, 7) is 4.23. The third-order valence-corrected chi connectivity index (χ3v) is 7.56. The number of benzene rings is 2. The van der Waals surface area contributed by atoms with Crippen molar-refractivity contribution in [3.05, 3.63) is 63.9 Å². The zero-order valence-electron chi connectivity index (χ0n) is 22.7. The SMILES string of the molecule is C1CC1.CC1CN(C2CCC(C(=O)NCc3cc(Cl)cc(C(F)(F)F)c3)OC2)CCN1c1ccc(F)c(C(=O)O)c1. The van der Waals surface area contributed by atoms with E-state index in [-0.39, 0.29) is 40.7 Å². The lowest BCUT2D eigenvalue weighted by Crippen LogP contribution is -2.57. The lowest BCUT2D eigenvalue weighted by Gasteiger charge is -2.45. The van der Waals surface area contributed by atoms with E-state index in [1.54, 1.807) is 6.07 Å². The second-order valence-electron chi connectivity index (χ2n) is 10.7. The molecule has 0 spiro atoms. The van der Waals surface area contributed by atoms with E-state index < -0.39 is 29.6 Å². The Hall–Kier alpha value is -2.89. The molecule has 41 heavy (non-hydrogen) atoms. The van der Waals surface area contributed by atoms with Gasteiger partial charge < -0.3 is 20.1 Å². The highest BCUT2D eigenvalue weighted by Gasteiger charge is 2.34. The standard InChI is InChI=1S/C26H28ClF4N3O4.C3H6/c1-15-13-33(6-7-34(15)19-2-4-22(28)21(11-19)25(36)37)20-3-5-23(38-14-20)24(35)32-12-16-8-17(26(29,30)31)10-18(27)9-16;1-2-3-1/h2,4,8-11,15,20,23H,3,5-7,12-14H2,1H3,(H,32,35)(H,36,37);1-3H2. The number of alkyl halides is 3. The summed E-state index contributed by atoms with van der Waals surface area (Å²) in [5, 5.41) is 11.8. The lowest BCUT2D eigenvalue weighted by molar-refractivity contribution is -0.138. The maximum Gasteiger partial charge on any atom is 0.416 e. The number of carbonyl (C=O) groups is 2. The Kier molecular flexibility index (Phi) is 10.1. The van der Waals surface area contributed by atoms with E-state index in [9.17, 15) is 32.3 Å². The molecule has 12 heteroatoms. The van der Waals surface area contributed by atoms with Gasteiger partial charge in [-0.15, -0.1) is 0 Å². The normalized spacial score (nSPS) is 22.9. The minimum absolute atomic E-state index is 0.0381. The molecule has 2 aliphatic heterocycles. The Morgan fingerprint density at radius 1 is 1.10 bits per heavy atom. The number of carbonyl (C=O) groups excluding carboxylic acids is 1. The highest BCUT2D eigenvalue weighted by molar-refractivity contribution is 6.30. The summed E-state index contributed by atoms with van der Waals surface area (Å²) in [5.41, 5.74) is -0.342. The molecule has 2 aromatic rings. The molecule has 3 atom stereocenters. The first-order valence-corrected chi connectivity index (χ1v) is 14.1. The van der Waals surface area contributed by atoms with Crippen LogP contribution in [-0.2, 0) is 22.3 Å². The lowest BCUT2D eigenvalue weighted by atomic mass is 10.0. The van der Waals surface area contributed by atoms with Crippen molar-refractivity contribution in [2.75, 3.05) is 31.1 Å². The van der Waals surface area contributed by atoms with Gasteiger partial charge in [-0.05, 0) is 61.7 Å². The highest BCUT2D eigenvalue weighted by Crippen LogP contribution is 2.32. The average Bonchev–Trinajstić information content (AvgIpc) is 3.81. The molecule has 3 unspecified atom stereocenters. The van der Waals surface area contributed by atoms with E-state index in [1.807, 2.05) is 11.8 Å². The van der Waals surface area contributed by atoms with E-state index in [0.717, 1.165) is 12.1 Å². The third-order valence-electron chi connectivity index (χ3n) is 7.34. The number of piperazine rings is 1. The Labute approximate surface area is 241 Å². The summed E-state index contributed by atoms with van der Waals surface area (Å²) in [6, 6.07) is 7.40. The van der Waals surface area contributed by atoms with Crippen molar-refractivity contribution < 1.29 is 37.0 Å². The predicted molar refractivity (Wildman–Crippen MR) is 147 cm³/mol. The maximum atomic E-state index is 13.8. The van der Waals surface area contributed by atoms with Crippen LogP contribution in [-0.4, -0.2) is 66.3 Å². The molecule has 2 saturated heterocycles. The van der Waals surface area contributed by atoms with E-state index in [4.69, 9.17) is 16.3 Å². The Balaban J connectivity index is 0.00000121. The van der Waals surface area contributed by atoms with Gasteiger partial charge in [0, 0.05) is 49.0 Å². The third kappa shape index (κ3) is 8.56. The first kappa shape index (κ1) is 31.1. The van der Waals surface area contributed by atoms with Crippen molar-refractivity contribution in [3.8, 4) is 0 Å². The zero-order chi connectivity index (χ0) is 29.7. The molecule has 2 N–H and O–H groups in total. The highest BCUT2D eigenvalue weighted by atomic mass is 35.5. The predicted octanol–water partition coefficient (Wildman–Crippen LogP) is 5.74. The molecule has 5 rings (SSSR count). The summed E-state index contributed by atoms with van der Waals surface area (Å²) < 4.78 is 58.6. The van der Waals surface area contributed by atoms with E-state index in [0.29, 0.717) is 44.8 Å². The molecule has 2 aromatic carbocycles. The van der Waals surface area contributed by atoms with Crippen molar-refractivity contribution in [2.45, 2.75) is 69.9 Å². The number of rotatable bonds is 6. The van der Waals surface area contributed by atoms with Gasteiger partial charge in [0.15, 0.2) is 0 Å². The molecule has 7 nitrogen and oxygen atoms in total. The molecule has 2 heterocycles. The van der Waals surface area contributed by atoms with Crippen molar-refractivity contribution in [1.29, 1.82) is 0 Å². The summed E-state index contributed by atoms with van der Waals surface area (Å²) >= 11 is 5.81. The van der Waals surface area contributed by atoms with Gasteiger partial charge in [0.05, 0.1) is 17.7 Å². The number of nitrogens with zero attached hydrogens (tertiary/aromatic N) is 2. The molecule has 0 radical (unpaired) electrons. The van der Waals surface area contributed by atoms with E-state index >= 15 is 0 Å². The van der Waals surface area contributed by atoms with Gasteiger partial charge >= 0.3 is 12.1 Å². The summed E-state index contributed by atoms with van der Waals surface area (Å²) in [5.74, 6) is -2.47. The number of hydrogen-bond acceptors (Lipinski definition) is 5. The second-order valence-corrected chi connectivity index (χ2v) is 11.1. The topological polar surface area (TPSA) is 82.1 Å². The van der Waals surface area contributed by atoms with E-state index in [2.05, 4.69) is 10.2 Å². The zero-order valence-corrected chi connectivity index (χ0v) is 23.5. The number of halogens is 5. The Bertz CT molecular complexity index is 1230. The summed E-state index contributed by atoms with van der Waals surface area (Å²) in [4.78, 5) is 28.2. The van der Waals surface area contributed by atoms with Crippen LogP contribution < -0.4 is 10.2 Å². The Morgan fingerprint density at radius 2 is 1.83 bits per heavy atom. The van der Waals surface area contributed by atoms with Crippen LogP contribution in [0.25, 0.3) is 0 Å². The number of hydrogen-bond donors (Lipinski definition) is 2. The number of ether oxygens (including phenoxy) is 1. The summed E-state index contributed by atoms with van der Waals surface area (Å²) in [6.07, 6.45) is 0.447. The fourth-order valence-corrected chi connectivity index (χ4v) is 5.27. The van der Waals surface area contributed by atoms with E-state index in [1.165, 1.54) is 37.5 Å². The minimum atomic E-state index is -4.53. The largest absolute Gasteiger partial charge is 0.478 e. The molecule has 3 fully saturated rings. The molecular formula is C29H34ClF4N3O4. The number of aromatic carboxylic acids is 1. The molecule has 0 bridgehead atoms. The number of amides is 1. The molecular weight excluding hydrogens is 566 g/mol. The van der Waals surface area contributed by atoms with Gasteiger partial charge in [-0.25, -0.2) is 9.18 Å². The van der Waals surface area contributed by atoms with Crippen molar-refractivity contribution >= 4 is 29.2 Å². The first-order chi connectivity index (χ1) is 19.4. The van der Waals surface area contributed by atoms with Gasteiger partial charge in [-0.1, -0.05) is 30.9 Å². The van der Waals surface area contributed by atoms with Crippen LogP contribution >= 0.6 is 11.6 Å². The van der Waals surface area contributed by atoms with Gasteiger partial charge in [0.1, 0.15) is 11.9 Å². The van der Waals surface area contributed by atoms with Crippen LogP contribution in [0.2, 0.25) is 5.02 Å². The van der Waals surface area contributed by atoms with Crippen LogP contribution in [0.1, 0.15) is 60.5 Å². The van der Waals surface area contributed by atoms with Crippen molar-refractivity contribution in [2.24, 2.45) is 0 Å². The number of carboxylic acid groups (broad SMARTS) is 1. The van der Waals surface area contributed by atoms with Gasteiger partial charge in [0.2, 0.25) is 5.91 Å². The average molecular weight is 600 g/mol. The van der Waals surface area contributed by atoms with Crippen molar-refractivity contribution in [3.63, 3.8) is 0 Å². The summed E-state index contributed by atoms with van der Waals surface area (Å²) in [7, 11) is 0. The van der Waals surface area contributed by atoms with Gasteiger partial charge in [-0.2, -0.15) is 13.2 Å². The molecule has 224 valence electrons. The number of carboxylic acids is 1. The molecule has 1 saturated carbocycles. The molecule has 1 aliphatic carbocycles. The molecule has 3 aliphatic rings. The molecule has 1 amide bonds. The Morgan fingerprint density at radius 3 is 2.41 bits per heavy atom. The van der Waals surface area contributed by atoms with Crippen LogP contribution in [0.3, 0.4) is 0 Å². The first-order valence-electron chi connectivity index (χ1n) is 13.7. The monoisotopic (exact) mass is 599 g/mol. The number of nitrogens with one attached hydrogen (secondary N) is 1.